The van der Waals surface area contributed by atoms with Gasteiger partial charge in [-0.15, -0.1) is 0 Å². The highest BCUT2D eigenvalue weighted by Crippen LogP contribution is 2.29. The lowest BCUT2D eigenvalue weighted by atomic mass is 10.1. The predicted molar refractivity (Wildman–Crippen MR) is 128 cm³/mol. The second kappa shape index (κ2) is 13.9. The number of carbonyl (C=O) groups excluding carboxylic acids is 1. The lowest BCUT2D eigenvalue weighted by molar-refractivity contribution is -0.122. The summed E-state index contributed by atoms with van der Waals surface area (Å²) in [5, 5.41) is 8.81. The number of hydrogen-bond acceptors (Lipinski definition) is 2. The summed E-state index contributed by atoms with van der Waals surface area (Å²) in [5.74, 6) is -0.177. The van der Waals surface area contributed by atoms with Crippen molar-refractivity contribution in [2.24, 2.45) is 0 Å². The van der Waals surface area contributed by atoms with E-state index in [2.05, 4.69) is 38.8 Å². The topological polar surface area (TPSA) is 53.2 Å². The van der Waals surface area contributed by atoms with Gasteiger partial charge in [0.15, 0.2) is 5.11 Å². The molecule has 0 saturated heterocycles. The molecule has 1 aromatic rings. The van der Waals surface area contributed by atoms with Crippen LogP contribution in [0.15, 0.2) is 28.7 Å². The van der Waals surface area contributed by atoms with Crippen molar-refractivity contribution >= 4 is 79.7 Å². The number of carbonyl (C=O) groups is 1. The molecule has 9 heteroatoms. The Labute approximate surface area is 196 Å². The van der Waals surface area contributed by atoms with E-state index in [1.807, 2.05) is 24.3 Å². The zero-order valence-corrected chi connectivity index (χ0v) is 20.5. The zero-order chi connectivity index (χ0) is 21.0. The van der Waals surface area contributed by atoms with Crippen molar-refractivity contribution in [3.63, 3.8) is 0 Å². The lowest BCUT2D eigenvalue weighted by Gasteiger charge is -2.27. The molecule has 0 unspecified atom stereocenters. The molecule has 4 nitrogen and oxygen atoms in total. The fourth-order valence-corrected chi connectivity index (χ4v) is 3.33. The average Bonchev–Trinajstić information content (AvgIpc) is 2.61. The summed E-state index contributed by atoms with van der Waals surface area (Å²) < 4.78 is -0.796. The maximum Gasteiger partial charge on any atom is 0.228 e. The summed E-state index contributed by atoms with van der Waals surface area (Å²) in [6, 6.07) is 7.45. The highest BCUT2D eigenvalue weighted by Gasteiger charge is 2.34. The normalized spacial score (nSPS) is 12.3. The average molecular weight is 532 g/mol. The van der Waals surface area contributed by atoms with Gasteiger partial charge in [0.1, 0.15) is 6.17 Å². The van der Waals surface area contributed by atoms with Gasteiger partial charge in [-0.3, -0.25) is 4.79 Å². The number of alkyl halides is 3. The minimum Gasteiger partial charge on any atom is -0.339 e. The molecular weight excluding hydrogens is 505 g/mol. The van der Waals surface area contributed by atoms with E-state index in [-0.39, 0.29) is 11.0 Å². The van der Waals surface area contributed by atoms with Crippen molar-refractivity contribution in [3.05, 3.63) is 28.7 Å². The van der Waals surface area contributed by atoms with Crippen LogP contribution in [0, 0.1) is 0 Å². The van der Waals surface area contributed by atoms with Gasteiger partial charge >= 0.3 is 0 Å². The van der Waals surface area contributed by atoms with Crippen LogP contribution >= 0.6 is 63.0 Å². The molecule has 1 atom stereocenters. The number of benzene rings is 1. The van der Waals surface area contributed by atoms with Gasteiger partial charge in [0.05, 0.1) is 0 Å². The van der Waals surface area contributed by atoms with Gasteiger partial charge in [-0.05, 0) is 42.9 Å². The fraction of sp³-hybridized carbons (Fsp3) is 0.579. The Balaban J connectivity index is 2.42. The van der Waals surface area contributed by atoms with Crippen LogP contribution in [0.3, 0.4) is 0 Å². The first-order valence-electron chi connectivity index (χ1n) is 9.41. The molecule has 1 amide bonds. The zero-order valence-electron chi connectivity index (χ0n) is 15.9. The predicted octanol–water partition coefficient (Wildman–Crippen LogP) is 6.69. The van der Waals surface area contributed by atoms with Crippen LogP contribution in [0.1, 0.15) is 58.3 Å². The number of anilines is 1. The van der Waals surface area contributed by atoms with Gasteiger partial charge in [0.2, 0.25) is 9.70 Å². The molecule has 0 saturated carbocycles. The number of unbranched alkanes of at least 4 members (excludes halogenated alkanes) is 6. The Kier molecular flexibility index (Phi) is 12.8. The molecule has 28 heavy (non-hydrogen) atoms. The quantitative estimate of drug-likeness (QED) is 0.129. The van der Waals surface area contributed by atoms with Crippen molar-refractivity contribution in [2.75, 3.05) is 5.32 Å². The molecule has 0 heterocycles. The third-order valence-electron chi connectivity index (χ3n) is 4.02. The summed E-state index contributed by atoms with van der Waals surface area (Å²) in [5.41, 5.74) is 0.776. The van der Waals surface area contributed by atoms with E-state index >= 15 is 0 Å². The first kappa shape index (κ1) is 25.8. The number of hydrogen-bond donors (Lipinski definition) is 3. The third-order valence-corrected chi connectivity index (χ3v) is 5.42. The highest BCUT2D eigenvalue weighted by molar-refractivity contribution is 9.10. The van der Waals surface area contributed by atoms with Crippen molar-refractivity contribution < 1.29 is 4.79 Å². The molecule has 0 aliphatic rings. The molecule has 0 fully saturated rings. The number of halogens is 4. The molecule has 0 radical (unpaired) electrons. The van der Waals surface area contributed by atoms with Crippen molar-refractivity contribution in [1.29, 1.82) is 0 Å². The van der Waals surface area contributed by atoms with Gasteiger partial charge in [-0.1, -0.05) is 96.2 Å². The van der Waals surface area contributed by atoms with E-state index in [1.54, 1.807) is 0 Å². The fourth-order valence-electron chi connectivity index (χ4n) is 2.51. The Morgan fingerprint density at radius 2 is 1.61 bits per heavy atom. The maximum absolute atomic E-state index is 12.2. The molecule has 0 aliphatic carbocycles. The van der Waals surface area contributed by atoms with Crippen LogP contribution in [-0.2, 0) is 4.79 Å². The molecule has 0 aliphatic heterocycles. The Bertz CT molecular complexity index is 611. The van der Waals surface area contributed by atoms with Crippen LogP contribution < -0.4 is 16.0 Å². The second-order valence-electron chi connectivity index (χ2n) is 6.52. The van der Waals surface area contributed by atoms with E-state index < -0.39 is 9.96 Å². The Morgan fingerprint density at radius 3 is 2.18 bits per heavy atom. The molecule has 1 rings (SSSR count). The van der Waals surface area contributed by atoms with Crippen molar-refractivity contribution in [2.45, 2.75) is 68.2 Å². The first-order chi connectivity index (χ1) is 13.2. The van der Waals surface area contributed by atoms with Crippen LogP contribution in [0.25, 0.3) is 0 Å². The molecule has 0 bridgehead atoms. The lowest BCUT2D eigenvalue weighted by Crippen LogP contribution is -2.56. The van der Waals surface area contributed by atoms with E-state index in [0.29, 0.717) is 6.42 Å². The van der Waals surface area contributed by atoms with Crippen LogP contribution in [0.2, 0.25) is 0 Å². The summed E-state index contributed by atoms with van der Waals surface area (Å²) in [7, 11) is 0. The van der Waals surface area contributed by atoms with Gasteiger partial charge in [-0.2, -0.15) is 0 Å². The van der Waals surface area contributed by atoms with Crippen LogP contribution in [0.5, 0.6) is 0 Å². The van der Waals surface area contributed by atoms with Gasteiger partial charge < -0.3 is 16.0 Å². The smallest absolute Gasteiger partial charge is 0.228 e. The van der Waals surface area contributed by atoms with E-state index in [0.717, 1.165) is 29.4 Å². The van der Waals surface area contributed by atoms with E-state index in [9.17, 15) is 4.79 Å². The Morgan fingerprint density at radius 1 is 1.04 bits per heavy atom. The van der Waals surface area contributed by atoms with E-state index in [1.165, 1.54) is 25.7 Å². The number of nitrogens with one attached hydrogen (secondary N) is 3. The second-order valence-corrected chi connectivity index (χ2v) is 10.2. The van der Waals surface area contributed by atoms with Gasteiger partial charge in [0, 0.05) is 16.6 Å². The molecule has 3 N–H and O–H groups in total. The van der Waals surface area contributed by atoms with Crippen LogP contribution in [-0.4, -0.2) is 21.0 Å². The summed E-state index contributed by atoms with van der Waals surface area (Å²) in [6.07, 6.45) is 7.38. The molecule has 1 aromatic carbocycles. The van der Waals surface area contributed by atoms with E-state index in [4.69, 9.17) is 47.0 Å². The third kappa shape index (κ3) is 11.7. The molecule has 0 aromatic heterocycles. The molecule has 0 spiro atoms. The minimum atomic E-state index is -1.75. The minimum absolute atomic E-state index is 0.177. The highest BCUT2D eigenvalue weighted by atomic mass is 79.9. The molecular formula is C19H27BrCl3N3OS. The maximum atomic E-state index is 12.2. The standard InChI is InChI=1S/C19H27BrCl3N3OS/c1-2-3-4-5-6-7-8-9-16(27)25-17(19(21,22)23)26-18(28)24-15-12-10-14(20)11-13-15/h10-13,17H,2-9H2,1H3,(H,25,27)(H2,24,26,28)/t17-/m1/s1. The summed E-state index contributed by atoms with van der Waals surface area (Å²) >= 11 is 26.6. The first-order valence-corrected chi connectivity index (χ1v) is 11.7. The summed E-state index contributed by atoms with van der Waals surface area (Å²) in [4.78, 5) is 12.2. The number of amides is 1. The Hall–Kier alpha value is -0.270. The largest absolute Gasteiger partial charge is 0.339 e. The van der Waals surface area contributed by atoms with Gasteiger partial charge in [-0.25, -0.2) is 0 Å². The van der Waals surface area contributed by atoms with Crippen LogP contribution in [0.4, 0.5) is 5.69 Å². The number of thiocarbonyl (C=S) groups is 1. The monoisotopic (exact) mass is 529 g/mol. The number of rotatable bonds is 11. The summed E-state index contributed by atoms with van der Waals surface area (Å²) in [6.45, 7) is 2.19. The van der Waals surface area contributed by atoms with Crippen molar-refractivity contribution in [1.82, 2.24) is 10.6 Å². The SMILES string of the molecule is CCCCCCCCCC(=O)N[C@H](NC(=S)Nc1ccc(Br)cc1)C(Cl)(Cl)Cl. The van der Waals surface area contributed by atoms with Gasteiger partial charge in [0.25, 0.3) is 0 Å². The van der Waals surface area contributed by atoms with Crippen molar-refractivity contribution in [3.8, 4) is 0 Å². The molecule has 158 valence electrons.